The highest BCUT2D eigenvalue weighted by Crippen LogP contribution is 2.38. The number of likely N-dealkylation sites (tertiary alicyclic amines) is 1. The van der Waals surface area contributed by atoms with Crippen LogP contribution in [0.15, 0.2) is 54.7 Å². The molecule has 2 aromatic heterocycles. The first-order valence-electron chi connectivity index (χ1n) is 15.7. The molecule has 1 N–H and O–H groups in total. The normalized spacial score (nSPS) is 15.6. The molecule has 2 aliphatic heterocycles. The average molecular weight is 611 g/mol. The Morgan fingerprint density at radius 1 is 0.844 bits per heavy atom. The van der Waals surface area contributed by atoms with Crippen LogP contribution in [0.5, 0.6) is 0 Å². The molecule has 9 nitrogen and oxygen atoms in total. The van der Waals surface area contributed by atoms with Crippen LogP contribution in [0.1, 0.15) is 82.3 Å². The van der Waals surface area contributed by atoms with Crippen LogP contribution in [0.2, 0.25) is 0 Å². The maximum atomic E-state index is 13.9. The van der Waals surface area contributed by atoms with Gasteiger partial charge in [0.15, 0.2) is 0 Å². The second kappa shape index (κ2) is 11.5. The van der Waals surface area contributed by atoms with E-state index in [0.29, 0.717) is 34.6 Å². The van der Waals surface area contributed by atoms with Crippen LogP contribution < -0.4 is 5.32 Å². The molecule has 0 saturated carbocycles. The van der Waals surface area contributed by atoms with Gasteiger partial charge in [-0.2, -0.15) is 0 Å². The SMILES string of the molecule is CC(C)(C)OC(=O)n1cccc1-c1cc2c(c(-c3cc4cc(CN5CCCCC5)ccc4n3C(=O)OC(C)(C)C)c1)C(=O)NC2. The summed E-state index contributed by atoms with van der Waals surface area (Å²) in [5.74, 6) is -0.208. The van der Waals surface area contributed by atoms with Gasteiger partial charge in [-0.3, -0.25) is 14.3 Å². The zero-order valence-electron chi connectivity index (χ0n) is 27.0. The highest BCUT2D eigenvalue weighted by Gasteiger charge is 2.30. The van der Waals surface area contributed by atoms with E-state index in [-0.39, 0.29) is 5.91 Å². The zero-order chi connectivity index (χ0) is 32.1. The van der Waals surface area contributed by atoms with Gasteiger partial charge in [-0.25, -0.2) is 14.2 Å². The van der Waals surface area contributed by atoms with Crippen molar-refractivity contribution in [3.05, 3.63) is 71.4 Å². The first kappa shape index (κ1) is 30.6. The van der Waals surface area contributed by atoms with E-state index in [2.05, 4.69) is 22.3 Å². The fourth-order valence-electron chi connectivity index (χ4n) is 6.25. The number of piperidine rings is 1. The minimum atomic E-state index is -0.728. The number of rotatable bonds is 4. The van der Waals surface area contributed by atoms with Crippen molar-refractivity contribution in [1.29, 1.82) is 0 Å². The van der Waals surface area contributed by atoms with Crippen molar-refractivity contribution in [2.75, 3.05) is 13.1 Å². The molecule has 1 fully saturated rings. The van der Waals surface area contributed by atoms with Gasteiger partial charge in [0, 0.05) is 30.2 Å². The predicted octanol–water partition coefficient (Wildman–Crippen LogP) is 7.57. The topological polar surface area (TPSA) is 94.8 Å². The Hall–Kier alpha value is -4.37. The third kappa shape index (κ3) is 6.40. The van der Waals surface area contributed by atoms with Gasteiger partial charge in [0.25, 0.3) is 5.91 Å². The number of amides is 1. The van der Waals surface area contributed by atoms with Crippen molar-refractivity contribution < 1.29 is 23.9 Å². The predicted molar refractivity (Wildman–Crippen MR) is 174 cm³/mol. The third-order valence-corrected chi connectivity index (χ3v) is 8.09. The van der Waals surface area contributed by atoms with Crippen LogP contribution in [-0.2, 0) is 22.6 Å². The lowest BCUT2D eigenvalue weighted by molar-refractivity contribution is 0.0532. The van der Waals surface area contributed by atoms with Crippen LogP contribution in [0, 0.1) is 0 Å². The quantitative estimate of drug-likeness (QED) is 0.256. The number of hydrogen-bond donors (Lipinski definition) is 1. The van der Waals surface area contributed by atoms with Crippen molar-refractivity contribution in [1.82, 2.24) is 19.4 Å². The minimum Gasteiger partial charge on any atom is -0.443 e. The Kier molecular flexibility index (Phi) is 7.85. The summed E-state index contributed by atoms with van der Waals surface area (Å²) in [4.78, 5) is 42.7. The molecule has 0 aliphatic carbocycles. The van der Waals surface area contributed by atoms with Crippen molar-refractivity contribution in [2.24, 2.45) is 0 Å². The Bertz CT molecular complexity index is 1790. The Morgan fingerprint density at radius 3 is 2.27 bits per heavy atom. The van der Waals surface area contributed by atoms with Crippen molar-refractivity contribution in [3.63, 3.8) is 0 Å². The van der Waals surface area contributed by atoms with E-state index in [4.69, 9.17) is 9.47 Å². The van der Waals surface area contributed by atoms with Gasteiger partial charge in [0.05, 0.1) is 22.5 Å². The first-order chi connectivity index (χ1) is 21.3. The molecule has 1 amide bonds. The van der Waals surface area contributed by atoms with Gasteiger partial charge >= 0.3 is 12.2 Å². The molecule has 0 spiro atoms. The molecule has 4 aromatic rings. The maximum absolute atomic E-state index is 13.9. The molecular formula is C36H42N4O5. The highest BCUT2D eigenvalue weighted by molar-refractivity contribution is 6.07. The molecule has 2 aromatic carbocycles. The smallest absolute Gasteiger partial charge is 0.419 e. The van der Waals surface area contributed by atoms with E-state index < -0.39 is 23.4 Å². The van der Waals surface area contributed by atoms with Crippen LogP contribution in [0.25, 0.3) is 33.4 Å². The lowest BCUT2D eigenvalue weighted by atomic mass is 9.95. The maximum Gasteiger partial charge on any atom is 0.419 e. The lowest BCUT2D eigenvalue weighted by Crippen LogP contribution is -2.29. The van der Waals surface area contributed by atoms with Gasteiger partial charge in [0.2, 0.25) is 0 Å². The van der Waals surface area contributed by atoms with Gasteiger partial charge < -0.3 is 14.8 Å². The number of carbonyl (C=O) groups is 3. The van der Waals surface area contributed by atoms with Gasteiger partial charge in [-0.05, 0) is 127 Å². The molecule has 9 heteroatoms. The van der Waals surface area contributed by atoms with Crippen molar-refractivity contribution in [3.8, 4) is 22.5 Å². The molecule has 45 heavy (non-hydrogen) atoms. The molecule has 0 bridgehead atoms. The number of hydrogen-bond acceptors (Lipinski definition) is 6. The first-order valence-corrected chi connectivity index (χ1v) is 15.7. The molecule has 236 valence electrons. The molecule has 6 rings (SSSR count). The van der Waals surface area contributed by atoms with Crippen LogP contribution >= 0.6 is 0 Å². The number of benzene rings is 2. The number of aromatic nitrogens is 2. The third-order valence-electron chi connectivity index (χ3n) is 8.09. The summed E-state index contributed by atoms with van der Waals surface area (Å²) >= 11 is 0. The van der Waals surface area contributed by atoms with Gasteiger partial charge in [-0.15, -0.1) is 0 Å². The van der Waals surface area contributed by atoms with E-state index in [9.17, 15) is 14.4 Å². The van der Waals surface area contributed by atoms with E-state index in [1.165, 1.54) is 29.4 Å². The Labute approximate surface area is 264 Å². The van der Waals surface area contributed by atoms with E-state index >= 15 is 0 Å². The summed E-state index contributed by atoms with van der Waals surface area (Å²) in [6, 6.07) is 15.6. The molecule has 2 aliphatic rings. The Balaban J connectivity index is 1.51. The molecule has 0 atom stereocenters. The summed E-state index contributed by atoms with van der Waals surface area (Å²) in [5.41, 5.74) is 4.27. The summed E-state index contributed by atoms with van der Waals surface area (Å²) in [5, 5.41) is 3.83. The van der Waals surface area contributed by atoms with Crippen molar-refractivity contribution >= 4 is 29.0 Å². The van der Waals surface area contributed by atoms with E-state index in [0.717, 1.165) is 36.1 Å². The van der Waals surface area contributed by atoms with E-state index in [1.54, 1.807) is 16.8 Å². The molecule has 1 saturated heterocycles. The monoisotopic (exact) mass is 610 g/mol. The number of carbonyl (C=O) groups excluding carboxylic acids is 3. The van der Waals surface area contributed by atoms with Gasteiger partial charge in [0.1, 0.15) is 11.2 Å². The standard InChI is InChI=1S/C36H42N4O5/c1-35(2,3)44-33(42)39-16-10-11-28(39)25-18-26-21-37-32(41)31(26)27(19-25)30-20-24-17-23(22-38-14-8-7-9-15-38)12-13-29(24)40(30)34(43)45-36(4,5)6/h10-13,16-20H,7-9,14-15,21-22H2,1-6H3,(H,37,41). The fourth-order valence-corrected chi connectivity index (χ4v) is 6.25. The van der Waals surface area contributed by atoms with Gasteiger partial charge in [-0.1, -0.05) is 12.5 Å². The molecule has 4 heterocycles. The van der Waals surface area contributed by atoms with Crippen LogP contribution in [0.4, 0.5) is 9.59 Å². The molecule has 0 unspecified atom stereocenters. The summed E-state index contributed by atoms with van der Waals surface area (Å²) in [6.45, 7) is 14.3. The largest absolute Gasteiger partial charge is 0.443 e. The number of nitrogens with one attached hydrogen (secondary N) is 1. The summed E-state index contributed by atoms with van der Waals surface area (Å²) in [6.07, 6.45) is 4.34. The summed E-state index contributed by atoms with van der Waals surface area (Å²) < 4.78 is 14.6. The second-order valence-corrected chi connectivity index (χ2v) is 14.1. The van der Waals surface area contributed by atoms with Crippen LogP contribution in [-0.4, -0.2) is 56.4 Å². The fraction of sp³-hybridized carbons (Fsp3) is 0.417. The van der Waals surface area contributed by atoms with Crippen molar-refractivity contribution in [2.45, 2.75) is 85.1 Å². The average Bonchev–Trinajstić information content (AvgIpc) is 3.68. The van der Waals surface area contributed by atoms with E-state index in [1.807, 2.05) is 71.9 Å². The highest BCUT2D eigenvalue weighted by atomic mass is 16.6. The number of fused-ring (bicyclic) bond motifs is 2. The van der Waals surface area contributed by atoms with Crippen LogP contribution in [0.3, 0.4) is 0 Å². The lowest BCUT2D eigenvalue weighted by Gasteiger charge is -2.26. The molecule has 0 radical (unpaired) electrons. The second-order valence-electron chi connectivity index (χ2n) is 14.1. The molecular weight excluding hydrogens is 568 g/mol. The Morgan fingerprint density at radius 2 is 1.56 bits per heavy atom. The number of nitrogens with zero attached hydrogens (tertiary/aromatic N) is 3. The number of ether oxygens (including phenoxy) is 2. The summed E-state index contributed by atoms with van der Waals surface area (Å²) in [7, 11) is 0. The minimum absolute atomic E-state index is 0.208. The zero-order valence-corrected chi connectivity index (χ0v) is 27.0.